The van der Waals surface area contributed by atoms with Crippen molar-refractivity contribution in [1.82, 2.24) is 5.32 Å². The van der Waals surface area contributed by atoms with Gasteiger partial charge >= 0.3 is 0 Å². The second kappa shape index (κ2) is 7.64. The van der Waals surface area contributed by atoms with Gasteiger partial charge in [-0.15, -0.1) is 12.4 Å². The number of hydrogen-bond donors (Lipinski definition) is 1. The van der Waals surface area contributed by atoms with Crippen LogP contribution >= 0.6 is 12.4 Å². The SMILES string of the molecule is CC(C)CCCC1CCCNC1.Cl. The van der Waals surface area contributed by atoms with Crippen LogP contribution in [0.4, 0.5) is 0 Å². The molecule has 1 aliphatic rings. The maximum atomic E-state index is 3.47. The maximum absolute atomic E-state index is 3.47. The second-order valence-electron chi connectivity index (χ2n) is 4.54. The Kier molecular flexibility index (Phi) is 7.78. The molecule has 13 heavy (non-hydrogen) atoms. The Morgan fingerprint density at radius 1 is 1.38 bits per heavy atom. The summed E-state index contributed by atoms with van der Waals surface area (Å²) in [5.74, 6) is 1.87. The first-order valence-corrected chi connectivity index (χ1v) is 5.49. The van der Waals surface area contributed by atoms with E-state index in [0.29, 0.717) is 0 Å². The average molecular weight is 206 g/mol. The summed E-state index contributed by atoms with van der Waals surface area (Å²) in [5.41, 5.74) is 0. The number of halogens is 1. The Balaban J connectivity index is 0.00000144. The molecule has 1 saturated heterocycles. The van der Waals surface area contributed by atoms with Crippen molar-refractivity contribution in [3.63, 3.8) is 0 Å². The topological polar surface area (TPSA) is 12.0 Å². The van der Waals surface area contributed by atoms with Crippen molar-refractivity contribution in [2.24, 2.45) is 11.8 Å². The zero-order chi connectivity index (χ0) is 8.81. The van der Waals surface area contributed by atoms with Gasteiger partial charge in [0.1, 0.15) is 0 Å². The second-order valence-corrected chi connectivity index (χ2v) is 4.54. The van der Waals surface area contributed by atoms with Gasteiger partial charge in [0.05, 0.1) is 0 Å². The third kappa shape index (κ3) is 6.34. The Bertz CT molecular complexity index is 109. The minimum atomic E-state index is 0. The molecule has 0 spiro atoms. The summed E-state index contributed by atoms with van der Waals surface area (Å²) >= 11 is 0. The van der Waals surface area contributed by atoms with Gasteiger partial charge in [0, 0.05) is 0 Å². The normalized spacial score (nSPS) is 22.8. The van der Waals surface area contributed by atoms with E-state index >= 15 is 0 Å². The monoisotopic (exact) mass is 205 g/mol. The lowest BCUT2D eigenvalue weighted by atomic mass is 9.92. The molecule has 1 N–H and O–H groups in total. The van der Waals surface area contributed by atoms with Crippen molar-refractivity contribution >= 4 is 12.4 Å². The molecule has 1 aliphatic heterocycles. The van der Waals surface area contributed by atoms with Gasteiger partial charge in [0.2, 0.25) is 0 Å². The molecule has 0 amide bonds. The molecule has 1 fully saturated rings. The van der Waals surface area contributed by atoms with Crippen molar-refractivity contribution in [3.8, 4) is 0 Å². The lowest BCUT2D eigenvalue weighted by Crippen LogP contribution is -2.29. The third-order valence-corrected chi connectivity index (χ3v) is 2.79. The first-order chi connectivity index (χ1) is 5.79. The number of piperidine rings is 1. The summed E-state index contributed by atoms with van der Waals surface area (Å²) in [6, 6.07) is 0. The van der Waals surface area contributed by atoms with E-state index in [2.05, 4.69) is 19.2 Å². The highest BCUT2D eigenvalue weighted by molar-refractivity contribution is 5.85. The smallest absolute Gasteiger partial charge is 0.00205 e. The van der Waals surface area contributed by atoms with Gasteiger partial charge in [-0.25, -0.2) is 0 Å². The van der Waals surface area contributed by atoms with Crippen LogP contribution in [0.2, 0.25) is 0 Å². The Morgan fingerprint density at radius 2 is 2.15 bits per heavy atom. The van der Waals surface area contributed by atoms with E-state index in [0.717, 1.165) is 11.8 Å². The van der Waals surface area contributed by atoms with Crippen molar-refractivity contribution in [2.45, 2.75) is 46.0 Å². The Labute approximate surface area is 89.1 Å². The standard InChI is InChI=1S/C11H23N.ClH/c1-10(2)5-3-6-11-7-4-8-12-9-11;/h10-12H,3-9H2,1-2H3;1H. The van der Waals surface area contributed by atoms with Crippen LogP contribution in [0.1, 0.15) is 46.0 Å². The predicted octanol–water partition coefficient (Wildman–Crippen LogP) is 3.23. The fraction of sp³-hybridized carbons (Fsp3) is 1.00. The molecule has 1 nitrogen and oxygen atoms in total. The number of nitrogens with one attached hydrogen (secondary N) is 1. The van der Waals surface area contributed by atoms with Crippen LogP contribution in [0.3, 0.4) is 0 Å². The fourth-order valence-electron chi connectivity index (χ4n) is 1.99. The van der Waals surface area contributed by atoms with E-state index < -0.39 is 0 Å². The molecule has 0 aliphatic carbocycles. The molecule has 0 radical (unpaired) electrons. The maximum Gasteiger partial charge on any atom is -0.00205 e. The van der Waals surface area contributed by atoms with Crippen LogP contribution in [-0.2, 0) is 0 Å². The molecule has 0 aromatic rings. The average Bonchev–Trinajstić information content (AvgIpc) is 2.05. The number of rotatable bonds is 4. The van der Waals surface area contributed by atoms with Crippen LogP contribution in [0.15, 0.2) is 0 Å². The van der Waals surface area contributed by atoms with E-state index in [1.807, 2.05) is 0 Å². The number of hydrogen-bond acceptors (Lipinski definition) is 1. The minimum Gasteiger partial charge on any atom is -0.316 e. The molecule has 1 rings (SSSR count). The minimum absolute atomic E-state index is 0. The van der Waals surface area contributed by atoms with E-state index in [9.17, 15) is 0 Å². The molecular formula is C11H24ClN. The fourth-order valence-corrected chi connectivity index (χ4v) is 1.99. The van der Waals surface area contributed by atoms with E-state index in [1.54, 1.807) is 0 Å². The molecule has 1 heterocycles. The van der Waals surface area contributed by atoms with Crippen molar-refractivity contribution in [3.05, 3.63) is 0 Å². The summed E-state index contributed by atoms with van der Waals surface area (Å²) < 4.78 is 0. The highest BCUT2D eigenvalue weighted by Crippen LogP contribution is 2.18. The summed E-state index contributed by atoms with van der Waals surface area (Å²) in [5, 5.41) is 3.47. The largest absolute Gasteiger partial charge is 0.316 e. The molecule has 80 valence electrons. The van der Waals surface area contributed by atoms with E-state index in [4.69, 9.17) is 0 Å². The Hall–Kier alpha value is 0.250. The van der Waals surface area contributed by atoms with Gasteiger partial charge in [-0.1, -0.05) is 26.7 Å². The van der Waals surface area contributed by atoms with Crippen LogP contribution in [-0.4, -0.2) is 13.1 Å². The van der Waals surface area contributed by atoms with Crippen LogP contribution < -0.4 is 5.32 Å². The van der Waals surface area contributed by atoms with Crippen LogP contribution in [0.25, 0.3) is 0 Å². The molecule has 1 unspecified atom stereocenters. The summed E-state index contributed by atoms with van der Waals surface area (Å²) in [6.07, 6.45) is 7.16. The molecule has 0 saturated carbocycles. The van der Waals surface area contributed by atoms with Gasteiger partial charge in [0.15, 0.2) is 0 Å². The lowest BCUT2D eigenvalue weighted by Gasteiger charge is -2.22. The predicted molar refractivity (Wildman–Crippen MR) is 61.5 cm³/mol. The molecule has 2 heteroatoms. The zero-order valence-corrected chi connectivity index (χ0v) is 9.83. The highest BCUT2D eigenvalue weighted by Gasteiger charge is 2.11. The van der Waals surface area contributed by atoms with Crippen molar-refractivity contribution in [1.29, 1.82) is 0 Å². The first-order valence-electron chi connectivity index (χ1n) is 5.49. The molecular weight excluding hydrogens is 182 g/mol. The zero-order valence-electron chi connectivity index (χ0n) is 9.01. The summed E-state index contributed by atoms with van der Waals surface area (Å²) in [7, 11) is 0. The quantitative estimate of drug-likeness (QED) is 0.743. The van der Waals surface area contributed by atoms with E-state index in [1.165, 1.54) is 45.2 Å². The Morgan fingerprint density at radius 3 is 2.69 bits per heavy atom. The van der Waals surface area contributed by atoms with Crippen LogP contribution in [0.5, 0.6) is 0 Å². The first kappa shape index (κ1) is 13.2. The van der Waals surface area contributed by atoms with Crippen molar-refractivity contribution < 1.29 is 0 Å². The highest BCUT2D eigenvalue weighted by atomic mass is 35.5. The van der Waals surface area contributed by atoms with E-state index in [-0.39, 0.29) is 12.4 Å². The van der Waals surface area contributed by atoms with Crippen molar-refractivity contribution in [2.75, 3.05) is 13.1 Å². The van der Waals surface area contributed by atoms with Gasteiger partial charge in [-0.05, 0) is 44.2 Å². The van der Waals surface area contributed by atoms with Gasteiger partial charge < -0.3 is 5.32 Å². The molecule has 0 aromatic carbocycles. The van der Waals surface area contributed by atoms with Gasteiger partial charge in [-0.2, -0.15) is 0 Å². The third-order valence-electron chi connectivity index (χ3n) is 2.79. The molecule has 0 bridgehead atoms. The molecule has 0 aromatic heterocycles. The summed E-state index contributed by atoms with van der Waals surface area (Å²) in [6.45, 7) is 7.16. The van der Waals surface area contributed by atoms with Gasteiger partial charge in [0.25, 0.3) is 0 Å². The van der Waals surface area contributed by atoms with Gasteiger partial charge in [-0.3, -0.25) is 0 Å². The molecule has 1 atom stereocenters. The summed E-state index contributed by atoms with van der Waals surface area (Å²) in [4.78, 5) is 0. The van der Waals surface area contributed by atoms with Crippen LogP contribution in [0, 0.1) is 11.8 Å². The lowest BCUT2D eigenvalue weighted by molar-refractivity contribution is 0.340.